The minimum absolute atomic E-state index is 0.138. The van der Waals surface area contributed by atoms with E-state index in [0.29, 0.717) is 0 Å². The zero-order chi connectivity index (χ0) is 10.6. The van der Waals surface area contributed by atoms with E-state index >= 15 is 0 Å². The Balaban J connectivity index is 3.84. The Kier molecular flexibility index (Phi) is 4.33. The highest BCUT2D eigenvalue weighted by atomic mass is 19.1. The second-order valence-electron chi connectivity index (χ2n) is 4.02. The van der Waals surface area contributed by atoms with E-state index in [2.05, 4.69) is 5.32 Å². The van der Waals surface area contributed by atoms with Crippen molar-refractivity contribution in [3.05, 3.63) is 0 Å². The summed E-state index contributed by atoms with van der Waals surface area (Å²) in [6, 6.07) is 0. The highest BCUT2D eigenvalue weighted by Crippen LogP contribution is 2.11. The smallest absolute Gasteiger partial charge is 0.222 e. The number of carbonyl (C=O) groups is 1. The van der Waals surface area contributed by atoms with Gasteiger partial charge in [0.2, 0.25) is 5.91 Å². The molecular weight excluding hydrogens is 173 g/mol. The lowest BCUT2D eigenvalue weighted by Gasteiger charge is -2.22. The van der Waals surface area contributed by atoms with Crippen molar-refractivity contribution in [2.75, 3.05) is 6.54 Å². The molecule has 0 spiro atoms. The first kappa shape index (κ1) is 12.4. The zero-order valence-electron chi connectivity index (χ0n) is 8.60. The molecule has 2 N–H and O–H groups in total. The van der Waals surface area contributed by atoms with E-state index in [9.17, 15) is 14.3 Å². The first-order chi connectivity index (χ1) is 5.75. The van der Waals surface area contributed by atoms with Crippen LogP contribution in [0.15, 0.2) is 0 Å². The van der Waals surface area contributed by atoms with Crippen LogP contribution in [-0.2, 0) is 4.79 Å². The predicted octanol–water partition coefficient (Wildman–Crippen LogP) is 0.868. The van der Waals surface area contributed by atoms with Crippen LogP contribution in [0, 0.1) is 5.92 Å². The molecule has 0 radical (unpaired) electrons. The lowest BCUT2D eigenvalue weighted by atomic mass is 10.0. The van der Waals surface area contributed by atoms with E-state index in [1.807, 2.05) is 0 Å². The van der Waals surface area contributed by atoms with Gasteiger partial charge >= 0.3 is 0 Å². The minimum atomic E-state index is -1.43. The summed E-state index contributed by atoms with van der Waals surface area (Å²) in [5.74, 6) is -0.360. The number of carbonyl (C=O) groups excluding carboxylic acids is 1. The van der Waals surface area contributed by atoms with Crippen molar-refractivity contribution in [2.24, 2.45) is 5.92 Å². The molecule has 0 rings (SSSR count). The molecule has 0 heterocycles. The molecule has 0 aliphatic rings. The second-order valence-corrected chi connectivity index (χ2v) is 4.02. The van der Waals surface area contributed by atoms with Crippen LogP contribution < -0.4 is 5.32 Å². The van der Waals surface area contributed by atoms with Gasteiger partial charge in [-0.3, -0.25) is 4.79 Å². The van der Waals surface area contributed by atoms with E-state index in [1.165, 1.54) is 13.8 Å². The fraction of sp³-hybridized carbons (Fsp3) is 0.889. The summed E-state index contributed by atoms with van der Waals surface area (Å²) in [5, 5.41) is 11.6. The minimum Gasteiger partial charge on any atom is -0.387 e. The molecule has 0 aromatic heterocycles. The van der Waals surface area contributed by atoms with Gasteiger partial charge in [-0.1, -0.05) is 13.8 Å². The monoisotopic (exact) mass is 191 g/mol. The molecule has 3 nitrogen and oxygen atoms in total. The lowest BCUT2D eigenvalue weighted by Crippen LogP contribution is -2.43. The Bertz CT molecular complexity index is 175. The maximum Gasteiger partial charge on any atom is 0.222 e. The van der Waals surface area contributed by atoms with Crippen LogP contribution in [0.4, 0.5) is 4.39 Å². The summed E-state index contributed by atoms with van der Waals surface area (Å²) >= 11 is 0. The molecule has 0 saturated heterocycles. The third-order valence-corrected chi connectivity index (χ3v) is 1.75. The van der Waals surface area contributed by atoms with Gasteiger partial charge in [0, 0.05) is 5.92 Å². The summed E-state index contributed by atoms with van der Waals surface area (Å²) in [6.45, 7) is 6.07. The fourth-order valence-electron chi connectivity index (χ4n) is 0.644. The zero-order valence-corrected chi connectivity index (χ0v) is 8.60. The van der Waals surface area contributed by atoms with Crippen molar-refractivity contribution in [1.29, 1.82) is 0 Å². The fourth-order valence-corrected chi connectivity index (χ4v) is 0.644. The van der Waals surface area contributed by atoms with E-state index < -0.39 is 11.8 Å². The number of alkyl halides is 1. The Hall–Kier alpha value is -0.640. The van der Waals surface area contributed by atoms with Gasteiger partial charge < -0.3 is 10.4 Å². The molecule has 0 aromatic carbocycles. The number of amides is 1. The van der Waals surface area contributed by atoms with Gasteiger partial charge in [-0.15, -0.1) is 0 Å². The van der Waals surface area contributed by atoms with Gasteiger partial charge in [-0.25, -0.2) is 4.39 Å². The number of hydrogen-bond donors (Lipinski definition) is 2. The molecule has 13 heavy (non-hydrogen) atoms. The Morgan fingerprint density at radius 3 is 2.31 bits per heavy atom. The molecule has 78 valence electrons. The summed E-state index contributed by atoms with van der Waals surface area (Å²) in [5.41, 5.74) is -1.40. The molecule has 0 fully saturated rings. The Morgan fingerprint density at radius 1 is 1.54 bits per heavy atom. The van der Waals surface area contributed by atoms with E-state index in [1.54, 1.807) is 13.8 Å². The molecule has 0 aliphatic carbocycles. The van der Waals surface area contributed by atoms with Gasteiger partial charge in [-0.2, -0.15) is 0 Å². The van der Waals surface area contributed by atoms with Crippen LogP contribution >= 0.6 is 0 Å². The molecule has 0 saturated carbocycles. The van der Waals surface area contributed by atoms with Gasteiger partial charge in [0.15, 0.2) is 0 Å². The molecule has 0 aromatic rings. The maximum absolute atomic E-state index is 13.1. The van der Waals surface area contributed by atoms with E-state index in [-0.39, 0.29) is 18.4 Å². The summed E-state index contributed by atoms with van der Waals surface area (Å²) < 4.78 is 13.1. The molecule has 1 amide bonds. The number of rotatable bonds is 4. The van der Waals surface area contributed by atoms with E-state index in [0.717, 1.165) is 0 Å². The van der Waals surface area contributed by atoms with Crippen LogP contribution in [0.2, 0.25) is 0 Å². The summed E-state index contributed by atoms with van der Waals surface area (Å²) in [4.78, 5) is 11.0. The Morgan fingerprint density at radius 2 is 2.00 bits per heavy atom. The highest BCUT2D eigenvalue weighted by molar-refractivity contribution is 5.77. The number of aliphatic hydroxyl groups is 1. The van der Waals surface area contributed by atoms with Gasteiger partial charge in [0.05, 0.1) is 12.1 Å². The second kappa shape index (κ2) is 4.56. The van der Waals surface area contributed by atoms with Crippen molar-refractivity contribution in [3.63, 3.8) is 0 Å². The molecule has 1 unspecified atom stereocenters. The molecule has 0 bridgehead atoms. The maximum atomic E-state index is 13.1. The van der Waals surface area contributed by atoms with Crippen LogP contribution in [0.5, 0.6) is 0 Å². The van der Waals surface area contributed by atoms with E-state index in [4.69, 9.17) is 0 Å². The van der Waals surface area contributed by atoms with Crippen molar-refractivity contribution < 1.29 is 14.3 Å². The standard InChI is InChI=1S/C9H18FNO2/c1-6(2)8(12)11-5-7(10)9(3,4)13/h6-7,13H,5H2,1-4H3,(H,11,12). The quantitative estimate of drug-likeness (QED) is 0.692. The topological polar surface area (TPSA) is 49.3 Å². The normalized spacial score (nSPS) is 14.4. The first-order valence-corrected chi connectivity index (χ1v) is 4.39. The number of nitrogens with one attached hydrogen (secondary N) is 1. The highest BCUT2D eigenvalue weighted by Gasteiger charge is 2.26. The van der Waals surface area contributed by atoms with Gasteiger partial charge in [0.25, 0.3) is 0 Å². The third-order valence-electron chi connectivity index (χ3n) is 1.75. The average molecular weight is 191 g/mol. The number of halogens is 1. The SMILES string of the molecule is CC(C)C(=O)NCC(F)C(C)(C)O. The van der Waals surface area contributed by atoms with Crippen molar-refractivity contribution in [1.82, 2.24) is 5.32 Å². The molecular formula is C9H18FNO2. The van der Waals surface area contributed by atoms with Crippen LogP contribution in [0.3, 0.4) is 0 Å². The Labute approximate surface area is 78.3 Å². The number of hydrogen-bond acceptors (Lipinski definition) is 2. The molecule has 4 heteroatoms. The van der Waals surface area contributed by atoms with Crippen LogP contribution in [0.1, 0.15) is 27.7 Å². The van der Waals surface area contributed by atoms with Crippen molar-refractivity contribution >= 4 is 5.91 Å². The molecule has 1 atom stereocenters. The molecule has 0 aliphatic heterocycles. The third kappa shape index (κ3) is 4.83. The first-order valence-electron chi connectivity index (χ1n) is 4.39. The van der Waals surface area contributed by atoms with Crippen LogP contribution in [-0.4, -0.2) is 29.3 Å². The predicted molar refractivity (Wildman–Crippen MR) is 49.0 cm³/mol. The van der Waals surface area contributed by atoms with Crippen molar-refractivity contribution in [3.8, 4) is 0 Å². The van der Waals surface area contributed by atoms with Crippen molar-refractivity contribution in [2.45, 2.75) is 39.5 Å². The summed E-state index contributed by atoms with van der Waals surface area (Å²) in [6.07, 6.45) is -1.43. The summed E-state index contributed by atoms with van der Waals surface area (Å²) in [7, 11) is 0. The average Bonchev–Trinajstić information content (AvgIpc) is 1.97. The van der Waals surface area contributed by atoms with Gasteiger partial charge in [-0.05, 0) is 13.8 Å². The largest absolute Gasteiger partial charge is 0.387 e. The lowest BCUT2D eigenvalue weighted by molar-refractivity contribution is -0.124. The van der Waals surface area contributed by atoms with Gasteiger partial charge in [0.1, 0.15) is 6.17 Å². The van der Waals surface area contributed by atoms with Crippen LogP contribution in [0.25, 0.3) is 0 Å².